The van der Waals surface area contributed by atoms with Gasteiger partial charge in [-0.2, -0.15) is 0 Å². The van der Waals surface area contributed by atoms with Crippen LogP contribution in [0.3, 0.4) is 0 Å². The Morgan fingerprint density at radius 1 is 1.28 bits per heavy atom. The van der Waals surface area contributed by atoms with Gasteiger partial charge in [-0.15, -0.1) is 0 Å². The van der Waals surface area contributed by atoms with Gasteiger partial charge in [0.15, 0.2) is 0 Å². The van der Waals surface area contributed by atoms with E-state index in [1.54, 1.807) is 0 Å². The summed E-state index contributed by atoms with van der Waals surface area (Å²) in [5.41, 5.74) is 0. The zero-order chi connectivity index (χ0) is 13.1. The number of carbonyl (C=O) groups is 2. The van der Waals surface area contributed by atoms with Crippen molar-refractivity contribution in [2.75, 3.05) is 7.11 Å². The molecule has 1 atom stereocenters. The molecule has 0 aromatic heterocycles. The number of methoxy groups -OCH3 is 1. The van der Waals surface area contributed by atoms with Crippen LogP contribution in [0.1, 0.15) is 52.9 Å². The summed E-state index contributed by atoms with van der Waals surface area (Å²) in [7, 11) is 1.28. The van der Waals surface area contributed by atoms with Gasteiger partial charge in [-0.25, -0.2) is 0 Å². The number of carboxylic acids is 1. The summed E-state index contributed by atoms with van der Waals surface area (Å²) in [6.45, 7) is 2.14. The van der Waals surface area contributed by atoms with Gasteiger partial charge in [0.05, 0.1) is 19.4 Å². The number of esters is 1. The molecule has 0 aliphatic carbocycles. The van der Waals surface area contributed by atoms with E-state index in [9.17, 15) is 9.59 Å². The summed E-state index contributed by atoms with van der Waals surface area (Å²) in [4.78, 5) is 21.9. The Hall–Kier alpha value is -1.32. The maximum absolute atomic E-state index is 11.3. The number of unbranched alkanes of at least 4 members (excludes halogenated alkanes) is 3. The molecule has 1 unspecified atom stereocenters. The Kier molecular flexibility index (Phi) is 12.8. The zero-order valence-electron chi connectivity index (χ0n) is 10.6. The minimum atomic E-state index is -0.972. The first kappa shape index (κ1) is 19.0. The van der Waals surface area contributed by atoms with Crippen LogP contribution in [0, 0.1) is 5.92 Å². The van der Waals surface area contributed by atoms with Crippen LogP contribution in [-0.2, 0) is 14.3 Å². The molecule has 0 radical (unpaired) electrons. The molecule has 0 spiro atoms. The summed E-state index contributed by atoms with van der Waals surface area (Å²) in [5, 5.41) is 8.67. The van der Waals surface area contributed by atoms with E-state index in [-0.39, 0.29) is 13.8 Å². The number of aliphatic carboxylic acids is 1. The average molecular weight is 258 g/mol. The van der Waals surface area contributed by atoms with Crippen molar-refractivity contribution in [3.63, 3.8) is 0 Å². The van der Waals surface area contributed by atoms with Crippen molar-refractivity contribution in [2.45, 2.75) is 52.9 Å². The molecule has 0 saturated carbocycles. The highest BCUT2D eigenvalue weighted by molar-refractivity contribution is 5.79. The third-order valence-corrected chi connectivity index (χ3v) is 2.52. The highest BCUT2D eigenvalue weighted by atomic mass is 16.5. The smallest absolute Gasteiger partial charge is 0.309 e. The number of carbonyl (C=O) groups excluding carboxylic acids is 1. The third-order valence-electron chi connectivity index (χ3n) is 2.52. The van der Waals surface area contributed by atoms with Gasteiger partial charge >= 0.3 is 11.9 Å². The second-order valence-electron chi connectivity index (χ2n) is 4.02. The van der Waals surface area contributed by atoms with E-state index < -0.39 is 17.9 Å². The van der Waals surface area contributed by atoms with Gasteiger partial charge in [-0.1, -0.05) is 39.3 Å². The SMILES string of the molecule is C.CCCCC/C=C/CC(CC(=O)O)C(=O)OC. The maximum Gasteiger partial charge on any atom is 0.309 e. The lowest BCUT2D eigenvalue weighted by molar-refractivity contribution is -0.150. The lowest BCUT2D eigenvalue weighted by Gasteiger charge is -2.09. The largest absolute Gasteiger partial charge is 0.481 e. The van der Waals surface area contributed by atoms with E-state index in [4.69, 9.17) is 5.11 Å². The van der Waals surface area contributed by atoms with Gasteiger partial charge < -0.3 is 9.84 Å². The highest BCUT2D eigenvalue weighted by Crippen LogP contribution is 2.12. The molecule has 0 aliphatic heterocycles. The van der Waals surface area contributed by atoms with Gasteiger partial charge in [0, 0.05) is 0 Å². The van der Waals surface area contributed by atoms with Crippen molar-refractivity contribution in [3.8, 4) is 0 Å². The summed E-state index contributed by atoms with van der Waals surface area (Å²) >= 11 is 0. The normalized spacial score (nSPS) is 11.9. The minimum absolute atomic E-state index is 0. The lowest BCUT2D eigenvalue weighted by atomic mass is 10.0. The predicted octanol–water partition coefficient (Wildman–Crippen LogP) is 3.41. The molecule has 0 aromatic rings. The second-order valence-corrected chi connectivity index (χ2v) is 4.02. The maximum atomic E-state index is 11.3. The van der Waals surface area contributed by atoms with Crippen LogP contribution < -0.4 is 0 Å². The van der Waals surface area contributed by atoms with Crippen LogP contribution in [0.4, 0.5) is 0 Å². The molecule has 0 amide bonds. The molecule has 0 aliphatic rings. The van der Waals surface area contributed by atoms with Crippen molar-refractivity contribution in [1.29, 1.82) is 0 Å². The van der Waals surface area contributed by atoms with E-state index >= 15 is 0 Å². The molecule has 18 heavy (non-hydrogen) atoms. The van der Waals surface area contributed by atoms with Gasteiger partial charge in [0.1, 0.15) is 0 Å². The molecular weight excluding hydrogens is 232 g/mol. The first-order valence-electron chi connectivity index (χ1n) is 6.06. The molecule has 0 aromatic carbocycles. The summed E-state index contributed by atoms with van der Waals surface area (Å²) in [6.07, 6.45) is 8.63. The number of allylic oxidation sites excluding steroid dienone is 2. The third kappa shape index (κ3) is 9.87. The van der Waals surface area contributed by atoms with Crippen molar-refractivity contribution in [1.82, 2.24) is 0 Å². The Labute approximate surface area is 110 Å². The topological polar surface area (TPSA) is 63.6 Å². The lowest BCUT2D eigenvalue weighted by Crippen LogP contribution is -2.19. The minimum Gasteiger partial charge on any atom is -0.481 e. The molecule has 0 rings (SSSR count). The standard InChI is InChI=1S/C13H22O4.CH4/c1-3-4-5-6-7-8-9-11(10-12(14)15)13(16)17-2;/h7-8,11H,3-6,9-10H2,1-2H3,(H,14,15);1H4/b8-7+;. The predicted molar refractivity (Wildman–Crippen MR) is 72.4 cm³/mol. The number of ether oxygens (including phenoxy) is 1. The molecule has 1 N–H and O–H groups in total. The first-order valence-corrected chi connectivity index (χ1v) is 6.06. The van der Waals surface area contributed by atoms with Crippen LogP contribution in [0.15, 0.2) is 12.2 Å². The molecule has 0 heterocycles. The van der Waals surface area contributed by atoms with Crippen LogP contribution in [0.2, 0.25) is 0 Å². The molecule has 0 bridgehead atoms. The van der Waals surface area contributed by atoms with Crippen molar-refractivity contribution in [2.24, 2.45) is 5.92 Å². The Morgan fingerprint density at radius 2 is 1.94 bits per heavy atom. The monoisotopic (exact) mass is 258 g/mol. The van der Waals surface area contributed by atoms with Crippen molar-refractivity contribution >= 4 is 11.9 Å². The Morgan fingerprint density at radius 3 is 2.44 bits per heavy atom. The fourth-order valence-corrected chi connectivity index (χ4v) is 1.53. The fraction of sp³-hybridized carbons (Fsp3) is 0.714. The number of carboxylic acid groups (broad SMARTS) is 1. The number of rotatable bonds is 9. The first-order chi connectivity index (χ1) is 8.11. The molecule has 4 heteroatoms. The van der Waals surface area contributed by atoms with E-state index in [1.165, 1.54) is 20.0 Å². The van der Waals surface area contributed by atoms with Gasteiger partial charge in [-0.3, -0.25) is 9.59 Å². The van der Waals surface area contributed by atoms with Crippen molar-refractivity contribution in [3.05, 3.63) is 12.2 Å². The fourth-order valence-electron chi connectivity index (χ4n) is 1.53. The molecule has 0 saturated heterocycles. The van der Waals surface area contributed by atoms with Gasteiger partial charge in [-0.05, 0) is 19.3 Å². The van der Waals surface area contributed by atoms with E-state index in [0.29, 0.717) is 6.42 Å². The molecule has 106 valence electrons. The van der Waals surface area contributed by atoms with E-state index in [1.807, 2.05) is 12.2 Å². The van der Waals surface area contributed by atoms with Gasteiger partial charge in [0.2, 0.25) is 0 Å². The number of hydrogen-bond donors (Lipinski definition) is 1. The van der Waals surface area contributed by atoms with E-state index in [2.05, 4.69) is 11.7 Å². The van der Waals surface area contributed by atoms with Crippen LogP contribution >= 0.6 is 0 Å². The second kappa shape index (κ2) is 12.1. The number of hydrogen-bond acceptors (Lipinski definition) is 3. The molecule has 4 nitrogen and oxygen atoms in total. The summed E-state index contributed by atoms with van der Waals surface area (Å²) in [5.74, 6) is -2.00. The van der Waals surface area contributed by atoms with Crippen molar-refractivity contribution < 1.29 is 19.4 Å². The van der Waals surface area contributed by atoms with Crippen LogP contribution in [0.5, 0.6) is 0 Å². The Balaban J connectivity index is 0. The average Bonchev–Trinajstić information content (AvgIpc) is 2.30. The molecular formula is C14H26O4. The van der Waals surface area contributed by atoms with E-state index in [0.717, 1.165) is 12.8 Å². The quantitative estimate of drug-likeness (QED) is 0.391. The zero-order valence-corrected chi connectivity index (χ0v) is 10.6. The molecule has 0 fully saturated rings. The Bertz CT molecular complexity index is 259. The summed E-state index contributed by atoms with van der Waals surface area (Å²) < 4.78 is 4.57. The van der Waals surface area contributed by atoms with Crippen LogP contribution in [-0.4, -0.2) is 24.2 Å². The van der Waals surface area contributed by atoms with Crippen LogP contribution in [0.25, 0.3) is 0 Å². The summed E-state index contributed by atoms with van der Waals surface area (Å²) in [6, 6.07) is 0. The highest BCUT2D eigenvalue weighted by Gasteiger charge is 2.20. The van der Waals surface area contributed by atoms with Gasteiger partial charge in [0.25, 0.3) is 0 Å².